The lowest BCUT2D eigenvalue weighted by Crippen LogP contribution is -2.30. The van der Waals surface area contributed by atoms with Crippen molar-refractivity contribution in [2.24, 2.45) is 0 Å². The molecule has 0 aromatic carbocycles. The predicted molar refractivity (Wildman–Crippen MR) is 348 cm³/mol. The summed E-state index contributed by atoms with van der Waals surface area (Å²) in [6, 6.07) is 0. The lowest BCUT2D eigenvalue weighted by molar-refractivity contribution is -0.167. The molecule has 0 aliphatic heterocycles. The Morgan fingerprint density at radius 2 is 0.487 bits per heavy atom. The van der Waals surface area contributed by atoms with Crippen LogP contribution in [0, 0.1) is 0 Å². The fourth-order valence-electron chi connectivity index (χ4n) is 9.26. The Labute approximate surface area is 494 Å². The minimum Gasteiger partial charge on any atom is -0.462 e. The van der Waals surface area contributed by atoms with E-state index in [0.717, 1.165) is 122 Å². The molecule has 1 unspecified atom stereocenters. The number of unbranched alkanes of at least 4 members (excludes halogenated alkanes) is 29. The third-order valence-electron chi connectivity index (χ3n) is 14.2. The Balaban J connectivity index is 4.08. The summed E-state index contributed by atoms with van der Waals surface area (Å²) in [4.78, 5) is 38.1. The number of hydrogen-bond donors (Lipinski definition) is 0. The Kier molecular flexibility index (Phi) is 63.8. The van der Waals surface area contributed by atoms with Gasteiger partial charge in [-0.1, -0.05) is 303 Å². The molecule has 0 fully saturated rings. The van der Waals surface area contributed by atoms with Crippen LogP contribution < -0.4 is 0 Å². The second-order valence-electron chi connectivity index (χ2n) is 22.0. The second-order valence-corrected chi connectivity index (χ2v) is 22.0. The van der Waals surface area contributed by atoms with E-state index >= 15 is 0 Å². The van der Waals surface area contributed by atoms with Crippen molar-refractivity contribution in [2.45, 2.75) is 316 Å². The van der Waals surface area contributed by atoms with Crippen LogP contribution >= 0.6 is 0 Å². The van der Waals surface area contributed by atoms with Crippen LogP contribution in [0.2, 0.25) is 0 Å². The molecule has 0 aliphatic rings. The third-order valence-corrected chi connectivity index (χ3v) is 14.2. The molecule has 0 bridgehead atoms. The smallest absolute Gasteiger partial charge is 0.306 e. The molecule has 0 spiro atoms. The number of esters is 3. The zero-order valence-corrected chi connectivity index (χ0v) is 52.3. The summed E-state index contributed by atoms with van der Waals surface area (Å²) >= 11 is 0. The molecule has 0 saturated carbocycles. The molecule has 0 N–H and O–H groups in total. The lowest BCUT2D eigenvalue weighted by atomic mass is 10.0. The minimum absolute atomic E-state index is 0.0790. The Bertz CT molecular complexity index is 1650. The highest BCUT2D eigenvalue weighted by molar-refractivity contribution is 5.71. The van der Waals surface area contributed by atoms with Gasteiger partial charge in [0.1, 0.15) is 13.2 Å². The van der Waals surface area contributed by atoms with Gasteiger partial charge in [0.15, 0.2) is 6.10 Å². The maximum absolute atomic E-state index is 12.9. The first-order valence-corrected chi connectivity index (χ1v) is 33.5. The van der Waals surface area contributed by atoms with Gasteiger partial charge in [0.2, 0.25) is 0 Å². The largest absolute Gasteiger partial charge is 0.462 e. The van der Waals surface area contributed by atoms with Gasteiger partial charge in [0.25, 0.3) is 0 Å². The molecule has 0 aromatic heterocycles. The van der Waals surface area contributed by atoms with E-state index in [1.807, 2.05) is 0 Å². The fraction of sp³-hybridized carbons (Fsp3) is 0.689. The number of hydrogen-bond acceptors (Lipinski definition) is 6. The zero-order valence-electron chi connectivity index (χ0n) is 52.3. The summed E-state index contributed by atoms with van der Waals surface area (Å²) in [7, 11) is 0. The van der Waals surface area contributed by atoms with Gasteiger partial charge in [-0.2, -0.15) is 0 Å². The van der Waals surface area contributed by atoms with E-state index in [2.05, 4.69) is 142 Å². The number of rotatable bonds is 60. The van der Waals surface area contributed by atoms with Crippen LogP contribution in [-0.2, 0) is 28.6 Å². The van der Waals surface area contributed by atoms with Crippen LogP contribution in [0.1, 0.15) is 310 Å². The average molecular weight is 1110 g/mol. The summed E-state index contributed by atoms with van der Waals surface area (Å²) in [5.41, 5.74) is 0. The molecule has 456 valence electrons. The highest BCUT2D eigenvalue weighted by Gasteiger charge is 2.19. The van der Waals surface area contributed by atoms with E-state index in [9.17, 15) is 14.4 Å². The monoisotopic (exact) mass is 1110 g/mol. The van der Waals surface area contributed by atoms with Gasteiger partial charge in [-0.3, -0.25) is 14.4 Å². The summed E-state index contributed by atoms with van der Waals surface area (Å²) < 4.78 is 16.8. The number of carbonyl (C=O) groups is 3. The average Bonchev–Trinajstić information content (AvgIpc) is 3.46. The van der Waals surface area contributed by atoms with E-state index < -0.39 is 6.10 Å². The molecule has 0 rings (SSSR count). The van der Waals surface area contributed by atoms with Crippen molar-refractivity contribution in [1.29, 1.82) is 0 Å². The lowest BCUT2D eigenvalue weighted by Gasteiger charge is -2.18. The highest BCUT2D eigenvalue weighted by atomic mass is 16.6. The standard InChI is InChI=1S/C74H124O6/c1-4-7-10-13-16-18-20-22-24-26-28-30-32-34-36-37-39-40-42-44-46-48-50-52-54-56-58-61-64-67-73(76)79-70-71(69-78-72(75)66-63-60-15-12-9-6-3)80-74(77)68-65-62-59-57-55-53-51-49-47-45-43-41-38-35-33-31-29-27-25-23-21-19-17-14-11-8-5-2/h7-8,10-11,16-19,22-25,28-31,34,36,39-40,71H,4-6,9,12-15,20-21,26-27,32-33,35,37-38,41-70H2,1-3H3/b10-7-,11-8-,18-16-,19-17-,24-22-,25-23-,30-28-,31-29-,36-34-,40-39-. The van der Waals surface area contributed by atoms with Crippen molar-refractivity contribution in [3.8, 4) is 0 Å². The molecule has 0 radical (unpaired) electrons. The molecule has 1 atom stereocenters. The normalized spacial score (nSPS) is 12.9. The third kappa shape index (κ3) is 64.6. The van der Waals surface area contributed by atoms with Gasteiger partial charge >= 0.3 is 17.9 Å². The fourth-order valence-corrected chi connectivity index (χ4v) is 9.26. The summed E-state index contributed by atoms with van der Waals surface area (Å²) in [6.45, 7) is 6.37. The van der Waals surface area contributed by atoms with Gasteiger partial charge in [-0.15, -0.1) is 0 Å². The molecule has 0 heterocycles. The maximum atomic E-state index is 12.9. The first-order chi connectivity index (χ1) is 39.5. The Morgan fingerprint density at radius 3 is 0.762 bits per heavy atom. The summed E-state index contributed by atoms with van der Waals surface area (Å²) in [6.07, 6.45) is 93.9. The van der Waals surface area contributed by atoms with E-state index in [0.29, 0.717) is 19.3 Å². The van der Waals surface area contributed by atoms with Crippen molar-refractivity contribution in [3.05, 3.63) is 122 Å². The van der Waals surface area contributed by atoms with Crippen molar-refractivity contribution in [3.63, 3.8) is 0 Å². The van der Waals surface area contributed by atoms with Crippen LogP contribution in [0.3, 0.4) is 0 Å². The quantitative estimate of drug-likeness (QED) is 0.0261. The van der Waals surface area contributed by atoms with Crippen LogP contribution in [0.5, 0.6) is 0 Å². The Hall–Kier alpha value is -4.19. The first-order valence-electron chi connectivity index (χ1n) is 33.5. The zero-order chi connectivity index (χ0) is 57.8. The minimum atomic E-state index is -0.779. The van der Waals surface area contributed by atoms with E-state index in [1.165, 1.54) is 148 Å². The number of allylic oxidation sites excluding steroid dienone is 20. The molecule has 0 saturated heterocycles. The van der Waals surface area contributed by atoms with Gasteiger partial charge < -0.3 is 14.2 Å². The summed E-state index contributed by atoms with van der Waals surface area (Å²) in [5, 5.41) is 0. The van der Waals surface area contributed by atoms with E-state index in [-0.39, 0.29) is 31.1 Å². The van der Waals surface area contributed by atoms with Crippen molar-refractivity contribution in [1.82, 2.24) is 0 Å². The summed E-state index contributed by atoms with van der Waals surface area (Å²) in [5.74, 6) is -0.886. The van der Waals surface area contributed by atoms with Gasteiger partial charge in [0, 0.05) is 19.3 Å². The maximum Gasteiger partial charge on any atom is 0.306 e. The molecule has 0 amide bonds. The number of carbonyl (C=O) groups excluding carboxylic acids is 3. The Morgan fingerprint density at radius 1 is 0.263 bits per heavy atom. The molecule has 80 heavy (non-hydrogen) atoms. The molecule has 0 aliphatic carbocycles. The molecule has 0 aromatic rings. The molecule has 6 heteroatoms. The van der Waals surface area contributed by atoms with Gasteiger partial charge in [-0.25, -0.2) is 0 Å². The van der Waals surface area contributed by atoms with Crippen LogP contribution in [0.15, 0.2) is 122 Å². The van der Waals surface area contributed by atoms with Crippen LogP contribution in [0.25, 0.3) is 0 Å². The van der Waals surface area contributed by atoms with Crippen molar-refractivity contribution < 1.29 is 28.6 Å². The van der Waals surface area contributed by atoms with Crippen molar-refractivity contribution in [2.75, 3.05) is 13.2 Å². The molecular weight excluding hydrogens is 985 g/mol. The topological polar surface area (TPSA) is 78.9 Å². The van der Waals surface area contributed by atoms with E-state index in [4.69, 9.17) is 14.2 Å². The van der Waals surface area contributed by atoms with Crippen LogP contribution in [-0.4, -0.2) is 37.2 Å². The first kappa shape index (κ1) is 75.8. The van der Waals surface area contributed by atoms with Gasteiger partial charge in [0.05, 0.1) is 0 Å². The van der Waals surface area contributed by atoms with Crippen LogP contribution in [0.4, 0.5) is 0 Å². The van der Waals surface area contributed by atoms with Crippen molar-refractivity contribution >= 4 is 17.9 Å². The second kappa shape index (κ2) is 67.3. The van der Waals surface area contributed by atoms with Gasteiger partial charge in [-0.05, 0) is 109 Å². The number of ether oxygens (including phenoxy) is 3. The molecule has 6 nitrogen and oxygen atoms in total. The predicted octanol–water partition coefficient (Wildman–Crippen LogP) is 23.2. The molecular formula is C74H124O6. The highest BCUT2D eigenvalue weighted by Crippen LogP contribution is 2.17. The van der Waals surface area contributed by atoms with E-state index in [1.54, 1.807) is 0 Å². The SMILES string of the molecule is CC/C=C\C/C=C\C/C=C\C/C=C\C/C=C\C/C=C\CCCCCCCCCCCCC(=O)OCC(COC(=O)CCCCCCCC)OC(=O)CCCCCCCCCCCCCCCC/C=C\C/C=C\C/C=C\C/C=C\CC.